The van der Waals surface area contributed by atoms with Crippen molar-refractivity contribution in [3.05, 3.63) is 60.2 Å². The van der Waals surface area contributed by atoms with E-state index < -0.39 is 10.0 Å². The number of sulfonamides is 1. The van der Waals surface area contributed by atoms with Crippen molar-refractivity contribution in [1.29, 1.82) is 0 Å². The van der Waals surface area contributed by atoms with E-state index in [-0.39, 0.29) is 29.1 Å². The van der Waals surface area contributed by atoms with Gasteiger partial charge in [-0.25, -0.2) is 12.8 Å². The SMILES string of the molecule is CC(=O)Nc1ccc(S(=O)(=O)N2CCC[C@@H](c3nc(-c4ccc(F)cc4)no3)C2)cc1. The molecule has 4 rings (SSSR count). The molecule has 2 aromatic carbocycles. The fourth-order valence-electron chi connectivity index (χ4n) is 3.54. The van der Waals surface area contributed by atoms with E-state index in [1.54, 1.807) is 24.3 Å². The van der Waals surface area contributed by atoms with Crippen LogP contribution in [0.15, 0.2) is 57.9 Å². The molecule has 31 heavy (non-hydrogen) atoms. The molecular weight excluding hydrogens is 423 g/mol. The number of carbonyl (C=O) groups is 1. The molecule has 162 valence electrons. The van der Waals surface area contributed by atoms with Gasteiger partial charge in [0.25, 0.3) is 0 Å². The zero-order valence-corrected chi connectivity index (χ0v) is 17.6. The Morgan fingerprint density at radius 3 is 2.55 bits per heavy atom. The van der Waals surface area contributed by atoms with Crippen molar-refractivity contribution in [2.24, 2.45) is 0 Å². The number of aromatic nitrogens is 2. The van der Waals surface area contributed by atoms with Crippen LogP contribution in [0.25, 0.3) is 11.4 Å². The van der Waals surface area contributed by atoms with Crippen LogP contribution < -0.4 is 5.32 Å². The molecule has 0 bridgehead atoms. The summed E-state index contributed by atoms with van der Waals surface area (Å²) < 4.78 is 46.1. The summed E-state index contributed by atoms with van der Waals surface area (Å²) in [6, 6.07) is 11.8. The van der Waals surface area contributed by atoms with E-state index in [9.17, 15) is 17.6 Å². The lowest BCUT2D eigenvalue weighted by atomic mass is 10.00. The van der Waals surface area contributed by atoms with Crippen LogP contribution in [-0.4, -0.2) is 41.9 Å². The van der Waals surface area contributed by atoms with E-state index in [0.717, 1.165) is 6.42 Å². The normalized spacial score (nSPS) is 17.4. The monoisotopic (exact) mass is 444 g/mol. The van der Waals surface area contributed by atoms with Gasteiger partial charge in [0.05, 0.1) is 10.8 Å². The lowest BCUT2D eigenvalue weighted by Gasteiger charge is -2.30. The van der Waals surface area contributed by atoms with Crippen LogP contribution in [-0.2, 0) is 14.8 Å². The smallest absolute Gasteiger partial charge is 0.243 e. The van der Waals surface area contributed by atoms with E-state index in [1.807, 2.05) is 0 Å². The molecular formula is C21H21FN4O4S. The van der Waals surface area contributed by atoms with Crippen LogP contribution in [0.1, 0.15) is 31.6 Å². The van der Waals surface area contributed by atoms with Crippen molar-refractivity contribution in [2.75, 3.05) is 18.4 Å². The minimum Gasteiger partial charge on any atom is -0.339 e. The maximum atomic E-state index is 13.1. The summed E-state index contributed by atoms with van der Waals surface area (Å²) in [6.45, 7) is 2.00. The number of hydrogen-bond acceptors (Lipinski definition) is 6. The molecule has 0 radical (unpaired) electrons. The van der Waals surface area contributed by atoms with Gasteiger partial charge in [-0.05, 0) is 61.4 Å². The zero-order chi connectivity index (χ0) is 22.0. The molecule has 0 spiro atoms. The summed E-state index contributed by atoms with van der Waals surface area (Å²) in [5, 5.41) is 6.57. The Labute approximate surface area is 179 Å². The van der Waals surface area contributed by atoms with Crippen LogP contribution in [0.3, 0.4) is 0 Å². The largest absolute Gasteiger partial charge is 0.339 e. The molecule has 10 heteroatoms. The molecule has 1 aliphatic rings. The topological polar surface area (TPSA) is 105 Å². The van der Waals surface area contributed by atoms with Gasteiger partial charge < -0.3 is 9.84 Å². The van der Waals surface area contributed by atoms with Gasteiger partial charge in [-0.15, -0.1) is 0 Å². The standard InChI is InChI=1S/C21H21FN4O4S/c1-14(27)23-18-8-10-19(11-9-18)31(28,29)26-12-2-3-16(13-26)21-24-20(25-30-21)15-4-6-17(22)7-5-15/h4-11,16H,2-3,12-13H2,1H3,(H,23,27)/t16-/m1/s1. The highest BCUT2D eigenvalue weighted by Crippen LogP contribution is 2.31. The molecule has 1 aliphatic heterocycles. The third-order valence-corrected chi connectivity index (χ3v) is 6.97. The number of nitrogens with one attached hydrogen (secondary N) is 1. The second-order valence-corrected chi connectivity index (χ2v) is 9.31. The quantitative estimate of drug-likeness (QED) is 0.647. The first-order chi connectivity index (χ1) is 14.8. The van der Waals surface area contributed by atoms with Crippen molar-refractivity contribution in [3.63, 3.8) is 0 Å². The molecule has 1 aromatic heterocycles. The van der Waals surface area contributed by atoms with Crippen molar-refractivity contribution in [3.8, 4) is 11.4 Å². The molecule has 0 aliphatic carbocycles. The highest BCUT2D eigenvalue weighted by Gasteiger charge is 2.33. The van der Waals surface area contributed by atoms with E-state index >= 15 is 0 Å². The van der Waals surface area contributed by atoms with Gasteiger partial charge in [-0.1, -0.05) is 5.16 Å². The van der Waals surface area contributed by atoms with Gasteiger partial charge in [0, 0.05) is 31.3 Å². The number of anilines is 1. The number of carbonyl (C=O) groups excluding carboxylic acids is 1. The second kappa shape index (κ2) is 8.56. The average Bonchev–Trinajstić information content (AvgIpc) is 3.25. The predicted octanol–water partition coefficient (Wildman–Crippen LogP) is 3.40. The Balaban J connectivity index is 1.50. The van der Waals surface area contributed by atoms with Gasteiger partial charge in [0.15, 0.2) is 0 Å². The van der Waals surface area contributed by atoms with E-state index in [0.29, 0.717) is 35.9 Å². The number of halogens is 1. The van der Waals surface area contributed by atoms with Gasteiger partial charge >= 0.3 is 0 Å². The van der Waals surface area contributed by atoms with Crippen LogP contribution in [0, 0.1) is 5.82 Å². The Morgan fingerprint density at radius 2 is 1.87 bits per heavy atom. The zero-order valence-electron chi connectivity index (χ0n) is 16.8. The molecule has 2 heterocycles. The van der Waals surface area contributed by atoms with Crippen molar-refractivity contribution in [1.82, 2.24) is 14.4 Å². The Kier molecular flexibility index (Phi) is 5.84. The molecule has 1 atom stereocenters. The fourth-order valence-corrected chi connectivity index (χ4v) is 5.07. The maximum Gasteiger partial charge on any atom is 0.243 e. The number of benzene rings is 2. The molecule has 0 unspecified atom stereocenters. The van der Waals surface area contributed by atoms with E-state index in [1.165, 1.54) is 35.5 Å². The molecule has 1 fully saturated rings. The number of amides is 1. The van der Waals surface area contributed by atoms with Gasteiger partial charge in [-0.2, -0.15) is 9.29 Å². The summed E-state index contributed by atoms with van der Waals surface area (Å²) in [7, 11) is -3.71. The Hall–Kier alpha value is -3.11. The first-order valence-corrected chi connectivity index (χ1v) is 11.2. The first kappa shape index (κ1) is 21.1. The van der Waals surface area contributed by atoms with Crippen LogP contribution >= 0.6 is 0 Å². The van der Waals surface area contributed by atoms with E-state index in [2.05, 4.69) is 15.5 Å². The Bertz CT molecular complexity index is 1180. The fraction of sp³-hybridized carbons (Fsp3) is 0.286. The summed E-state index contributed by atoms with van der Waals surface area (Å²) in [6.07, 6.45) is 1.38. The van der Waals surface area contributed by atoms with E-state index in [4.69, 9.17) is 4.52 Å². The van der Waals surface area contributed by atoms with Crippen LogP contribution in [0.2, 0.25) is 0 Å². The third-order valence-electron chi connectivity index (χ3n) is 5.09. The van der Waals surface area contributed by atoms with Crippen LogP contribution in [0.5, 0.6) is 0 Å². The van der Waals surface area contributed by atoms with Crippen LogP contribution in [0.4, 0.5) is 10.1 Å². The molecule has 8 nitrogen and oxygen atoms in total. The number of piperidine rings is 1. The Morgan fingerprint density at radius 1 is 1.16 bits per heavy atom. The average molecular weight is 444 g/mol. The number of nitrogens with zero attached hydrogens (tertiary/aromatic N) is 3. The van der Waals surface area contributed by atoms with Crippen molar-refractivity contribution >= 4 is 21.6 Å². The minimum atomic E-state index is -3.71. The number of hydrogen-bond donors (Lipinski definition) is 1. The second-order valence-electron chi connectivity index (χ2n) is 7.37. The third kappa shape index (κ3) is 4.64. The number of rotatable bonds is 5. The lowest BCUT2D eigenvalue weighted by Crippen LogP contribution is -2.39. The summed E-state index contributed by atoms with van der Waals surface area (Å²) in [5.74, 6) is -0.118. The molecule has 1 N–H and O–H groups in total. The van der Waals surface area contributed by atoms with Gasteiger partial charge in [0.1, 0.15) is 5.82 Å². The van der Waals surface area contributed by atoms with Gasteiger partial charge in [-0.3, -0.25) is 4.79 Å². The molecule has 0 saturated carbocycles. The minimum absolute atomic E-state index is 0.153. The predicted molar refractivity (Wildman–Crippen MR) is 111 cm³/mol. The van der Waals surface area contributed by atoms with Gasteiger partial charge in [0.2, 0.25) is 27.6 Å². The molecule has 1 amide bonds. The highest BCUT2D eigenvalue weighted by molar-refractivity contribution is 7.89. The molecule has 1 saturated heterocycles. The van der Waals surface area contributed by atoms with Crippen molar-refractivity contribution < 1.29 is 22.1 Å². The summed E-state index contributed by atoms with van der Waals surface area (Å²) in [5.41, 5.74) is 1.15. The summed E-state index contributed by atoms with van der Waals surface area (Å²) in [4.78, 5) is 15.7. The van der Waals surface area contributed by atoms with Crippen molar-refractivity contribution in [2.45, 2.75) is 30.6 Å². The highest BCUT2D eigenvalue weighted by atomic mass is 32.2. The lowest BCUT2D eigenvalue weighted by molar-refractivity contribution is -0.114. The molecule has 3 aromatic rings. The first-order valence-electron chi connectivity index (χ1n) is 9.80. The summed E-state index contributed by atoms with van der Waals surface area (Å²) >= 11 is 0. The maximum absolute atomic E-state index is 13.1.